The maximum absolute atomic E-state index is 11.4. The van der Waals surface area contributed by atoms with Crippen molar-refractivity contribution in [1.29, 1.82) is 0 Å². The average Bonchev–Trinajstić information content (AvgIpc) is 2.99. The molecule has 1 saturated heterocycles. The first kappa shape index (κ1) is 13.1. The van der Waals surface area contributed by atoms with Gasteiger partial charge >= 0.3 is 5.97 Å². The van der Waals surface area contributed by atoms with Crippen LogP contribution in [0, 0.1) is 11.8 Å². The molecule has 2 aliphatic rings. The Labute approximate surface area is 115 Å². The average molecular weight is 277 g/mol. The number of aromatic carboxylic acids is 1. The Morgan fingerprint density at radius 1 is 1.20 bits per heavy atom. The van der Waals surface area contributed by atoms with E-state index in [0.717, 1.165) is 6.42 Å². The molecule has 0 aromatic heterocycles. The number of carboxylic acid groups (broad SMARTS) is 1. The second kappa shape index (κ2) is 4.88. The van der Waals surface area contributed by atoms with Gasteiger partial charge in [0.2, 0.25) is 5.91 Å². The number of primary amides is 1. The Kier molecular flexibility index (Phi) is 3.19. The van der Waals surface area contributed by atoms with Gasteiger partial charge in [-0.05, 0) is 24.5 Å². The van der Waals surface area contributed by atoms with Crippen molar-refractivity contribution in [3.63, 3.8) is 0 Å². The van der Waals surface area contributed by atoms with Crippen molar-refractivity contribution in [2.45, 2.75) is 25.0 Å². The van der Waals surface area contributed by atoms with Crippen LogP contribution < -0.4 is 5.73 Å². The molecule has 1 aliphatic carbocycles. The highest BCUT2D eigenvalue weighted by Crippen LogP contribution is 2.48. The molecule has 1 heterocycles. The Hall–Kier alpha value is -1.92. The van der Waals surface area contributed by atoms with Gasteiger partial charge in [0.1, 0.15) is 12.2 Å². The molecule has 0 radical (unpaired) electrons. The Morgan fingerprint density at radius 3 is 2.65 bits per heavy atom. The van der Waals surface area contributed by atoms with E-state index in [1.807, 2.05) is 0 Å². The highest BCUT2D eigenvalue weighted by atomic mass is 17.2. The zero-order valence-electron chi connectivity index (χ0n) is 10.7. The predicted octanol–water partition coefficient (Wildman–Crippen LogP) is 1.27. The number of carbonyl (C=O) groups is 2. The van der Waals surface area contributed by atoms with E-state index in [-0.39, 0.29) is 23.5 Å². The number of amides is 1. The third kappa shape index (κ3) is 1.97. The molecular formula is C14H15NO5. The number of nitrogens with two attached hydrogens (primary N) is 1. The number of carboxylic acids is 1. The molecule has 4 unspecified atom stereocenters. The fourth-order valence-corrected chi connectivity index (χ4v) is 3.18. The zero-order chi connectivity index (χ0) is 14.3. The van der Waals surface area contributed by atoms with E-state index >= 15 is 0 Å². The first-order chi connectivity index (χ1) is 9.59. The molecule has 4 atom stereocenters. The van der Waals surface area contributed by atoms with E-state index in [2.05, 4.69) is 0 Å². The lowest BCUT2D eigenvalue weighted by atomic mass is 9.89. The monoisotopic (exact) mass is 277 g/mol. The van der Waals surface area contributed by atoms with Gasteiger partial charge in [-0.1, -0.05) is 18.2 Å². The van der Waals surface area contributed by atoms with Crippen LogP contribution in [-0.2, 0) is 14.6 Å². The molecule has 3 N–H and O–H groups in total. The fraction of sp³-hybridized carbons (Fsp3) is 0.429. The van der Waals surface area contributed by atoms with Gasteiger partial charge in [0.25, 0.3) is 0 Å². The van der Waals surface area contributed by atoms with E-state index in [9.17, 15) is 14.7 Å². The van der Waals surface area contributed by atoms with Crippen molar-refractivity contribution in [1.82, 2.24) is 0 Å². The van der Waals surface area contributed by atoms with E-state index in [1.54, 1.807) is 18.2 Å². The summed E-state index contributed by atoms with van der Waals surface area (Å²) in [6.07, 6.45) is 0.549. The topological polar surface area (TPSA) is 98.9 Å². The minimum Gasteiger partial charge on any atom is -0.478 e. The van der Waals surface area contributed by atoms with Crippen molar-refractivity contribution in [2.24, 2.45) is 17.6 Å². The number of fused-ring (bicyclic) bond motifs is 1. The molecule has 20 heavy (non-hydrogen) atoms. The summed E-state index contributed by atoms with van der Waals surface area (Å²) in [7, 11) is 0. The molecular weight excluding hydrogens is 262 g/mol. The van der Waals surface area contributed by atoms with Crippen LogP contribution in [-0.4, -0.2) is 23.1 Å². The summed E-state index contributed by atoms with van der Waals surface area (Å²) >= 11 is 0. The van der Waals surface area contributed by atoms with Crippen LogP contribution >= 0.6 is 0 Å². The van der Waals surface area contributed by atoms with Crippen LogP contribution in [0.2, 0.25) is 0 Å². The third-order valence-corrected chi connectivity index (χ3v) is 4.15. The van der Waals surface area contributed by atoms with Crippen LogP contribution in [0.25, 0.3) is 0 Å². The summed E-state index contributed by atoms with van der Waals surface area (Å²) < 4.78 is 0. The standard InChI is InChI=1S/C14H15NO5/c15-13(16)10-6-5-9-11(19-20-12(9)10)7-3-1-2-4-8(7)14(17)18/h1-4,9-12H,5-6H2,(H2,15,16)(H,17,18). The van der Waals surface area contributed by atoms with Gasteiger partial charge in [0.05, 0.1) is 11.5 Å². The summed E-state index contributed by atoms with van der Waals surface area (Å²) in [5, 5.41) is 9.24. The summed E-state index contributed by atoms with van der Waals surface area (Å²) in [4.78, 5) is 33.2. The molecule has 1 aliphatic heterocycles. The number of rotatable bonds is 3. The smallest absolute Gasteiger partial charge is 0.336 e. The summed E-state index contributed by atoms with van der Waals surface area (Å²) in [5.74, 6) is -1.79. The second-order valence-corrected chi connectivity index (χ2v) is 5.22. The minimum absolute atomic E-state index is 0.0343. The van der Waals surface area contributed by atoms with Gasteiger partial charge in [-0.3, -0.25) is 4.79 Å². The number of hydrogen-bond acceptors (Lipinski definition) is 4. The summed E-state index contributed by atoms with van der Waals surface area (Å²) in [6.45, 7) is 0. The first-order valence-corrected chi connectivity index (χ1v) is 6.53. The quantitative estimate of drug-likeness (QED) is 0.810. The van der Waals surface area contributed by atoms with Crippen LogP contribution in [0.1, 0.15) is 34.9 Å². The van der Waals surface area contributed by atoms with Gasteiger partial charge in [-0.15, -0.1) is 0 Å². The largest absolute Gasteiger partial charge is 0.478 e. The fourth-order valence-electron chi connectivity index (χ4n) is 3.18. The molecule has 6 heteroatoms. The SMILES string of the molecule is NC(=O)C1CCC2C(c3ccccc3C(=O)O)OOC12. The lowest BCUT2D eigenvalue weighted by Crippen LogP contribution is -2.31. The van der Waals surface area contributed by atoms with Gasteiger partial charge in [0, 0.05) is 5.92 Å². The van der Waals surface area contributed by atoms with Gasteiger partial charge in [-0.25, -0.2) is 14.6 Å². The van der Waals surface area contributed by atoms with Crippen molar-refractivity contribution in [3.05, 3.63) is 35.4 Å². The first-order valence-electron chi connectivity index (χ1n) is 6.53. The molecule has 1 aromatic rings. The van der Waals surface area contributed by atoms with Crippen molar-refractivity contribution < 1.29 is 24.5 Å². The molecule has 0 bridgehead atoms. The normalized spacial score (nSPS) is 32.0. The molecule has 1 amide bonds. The molecule has 2 fully saturated rings. The van der Waals surface area contributed by atoms with Crippen LogP contribution in [0.4, 0.5) is 0 Å². The Bertz CT molecular complexity index is 558. The molecule has 1 saturated carbocycles. The third-order valence-electron chi connectivity index (χ3n) is 4.15. The van der Waals surface area contributed by atoms with Crippen LogP contribution in [0.3, 0.4) is 0 Å². The highest BCUT2D eigenvalue weighted by molar-refractivity contribution is 5.89. The van der Waals surface area contributed by atoms with Crippen molar-refractivity contribution in [3.8, 4) is 0 Å². The molecule has 1 aromatic carbocycles. The van der Waals surface area contributed by atoms with E-state index in [4.69, 9.17) is 15.5 Å². The molecule has 6 nitrogen and oxygen atoms in total. The predicted molar refractivity (Wildman–Crippen MR) is 67.5 cm³/mol. The van der Waals surface area contributed by atoms with Crippen LogP contribution in [0.15, 0.2) is 24.3 Å². The van der Waals surface area contributed by atoms with Crippen LogP contribution in [0.5, 0.6) is 0 Å². The summed E-state index contributed by atoms with van der Waals surface area (Å²) in [6, 6.07) is 6.69. The van der Waals surface area contributed by atoms with Crippen molar-refractivity contribution >= 4 is 11.9 Å². The molecule has 106 valence electrons. The number of benzene rings is 1. The maximum Gasteiger partial charge on any atom is 0.336 e. The Morgan fingerprint density at radius 2 is 1.95 bits per heavy atom. The molecule has 3 rings (SSSR count). The zero-order valence-corrected chi connectivity index (χ0v) is 10.7. The highest BCUT2D eigenvalue weighted by Gasteiger charge is 2.51. The van der Waals surface area contributed by atoms with Gasteiger partial charge in [-0.2, -0.15) is 0 Å². The van der Waals surface area contributed by atoms with E-state index in [1.165, 1.54) is 6.07 Å². The maximum atomic E-state index is 11.4. The van der Waals surface area contributed by atoms with Gasteiger partial charge < -0.3 is 10.8 Å². The minimum atomic E-state index is -1.00. The molecule has 0 spiro atoms. The lowest BCUT2D eigenvalue weighted by Gasteiger charge is -2.16. The van der Waals surface area contributed by atoms with E-state index < -0.39 is 18.0 Å². The number of carbonyl (C=O) groups excluding carboxylic acids is 1. The van der Waals surface area contributed by atoms with E-state index in [0.29, 0.717) is 12.0 Å². The second-order valence-electron chi connectivity index (χ2n) is 5.22. The number of hydrogen-bond donors (Lipinski definition) is 2. The Balaban J connectivity index is 1.91. The lowest BCUT2D eigenvalue weighted by molar-refractivity contribution is -0.304. The van der Waals surface area contributed by atoms with Crippen molar-refractivity contribution in [2.75, 3.05) is 0 Å². The van der Waals surface area contributed by atoms with Gasteiger partial charge in [0.15, 0.2) is 0 Å². The summed E-state index contributed by atoms with van der Waals surface area (Å²) in [5.41, 5.74) is 6.13.